The highest BCUT2D eigenvalue weighted by Crippen LogP contribution is 2.24. The van der Waals surface area contributed by atoms with Gasteiger partial charge in [0.2, 0.25) is 0 Å². The van der Waals surface area contributed by atoms with E-state index in [-0.39, 0.29) is 11.9 Å². The maximum absolute atomic E-state index is 12.2. The number of halogens is 1. The molecule has 0 saturated carbocycles. The van der Waals surface area contributed by atoms with E-state index in [0.717, 1.165) is 4.47 Å². The molecule has 0 aromatic heterocycles. The van der Waals surface area contributed by atoms with Crippen LogP contribution in [0.1, 0.15) is 6.92 Å². The van der Waals surface area contributed by atoms with E-state index in [9.17, 15) is 9.59 Å². The summed E-state index contributed by atoms with van der Waals surface area (Å²) in [5.41, 5.74) is 0.992. The first-order valence-electron chi connectivity index (χ1n) is 5.61. The molecule has 0 aliphatic carbocycles. The van der Waals surface area contributed by atoms with E-state index in [1.54, 1.807) is 29.2 Å². The molecule has 5 heteroatoms. The molecule has 3 amide bonds. The molecule has 4 nitrogen and oxygen atoms in total. The summed E-state index contributed by atoms with van der Waals surface area (Å²) in [6.07, 6.45) is 0. The zero-order valence-corrected chi connectivity index (χ0v) is 11.6. The Bertz CT molecular complexity index is 510. The molecule has 1 aromatic rings. The Kier molecular flexibility index (Phi) is 3.52. The molecule has 94 valence electrons. The molecular formula is C13H13BrN2O2. The van der Waals surface area contributed by atoms with Crippen molar-refractivity contribution >= 4 is 33.6 Å². The lowest BCUT2D eigenvalue weighted by Gasteiger charge is -2.34. The van der Waals surface area contributed by atoms with Crippen molar-refractivity contribution in [2.45, 2.75) is 6.92 Å². The normalized spacial score (nSPS) is 16.4. The van der Waals surface area contributed by atoms with Gasteiger partial charge in [-0.15, -0.1) is 0 Å². The van der Waals surface area contributed by atoms with Gasteiger partial charge in [-0.25, -0.2) is 9.69 Å². The summed E-state index contributed by atoms with van der Waals surface area (Å²) in [6.45, 7) is 6.46. The van der Waals surface area contributed by atoms with Crippen molar-refractivity contribution in [2.24, 2.45) is 0 Å². The Morgan fingerprint density at radius 1 is 1.28 bits per heavy atom. The van der Waals surface area contributed by atoms with Crippen LogP contribution in [0.4, 0.5) is 10.5 Å². The van der Waals surface area contributed by atoms with E-state index in [1.165, 1.54) is 4.90 Å². The second-order valence-electron chi connectivity index (χ2n) is 4.02. The first kappa shape index (κ1) is 12.8. The number of likely N-dealkylation sites (N-methyl/N-ethyl adjacent to an activating group) is 1. The molecule has 0 N–H and O–H groups in total. The number of nitrogens with zero attached hydrogens (tertiary/aromatic N) is 2. The van der Waals surface area contributed by atoms with Gasteiger partial charge in [-0.1, -0.05) is 22.5 Å². The van der Waals surface area contributed by atoms with Crippen molar-refractivity contribution in [1.82, 2.24) is 4.90 Å². The number of carbonyl (C=O) groups is 2. The zero-order valence-electron chi connectivity index (χ0n) is 10.0. The minimum Gasteiger partial charge on any atom is -0.320 e. The first-order valence-corrected chi connectivity index (χ1v) is 6.40. The molecule has 1 aliphatic heterocycles. The summed E-state index contributed by atoms with van der Waals surface area (Å²) in [6, 6.07) is 6.75. The predicted octanol–water partition coefficient (Wildman–Crippen LogP) is 2.79. The number of rotatable bonds is 2. The van der Waals surface area contributed by atoms with Gasteiger partial charge in [-0.3, -0.25) is 4.79 Å². The van der Waals surface area contributed by atoms with Gasteiger partial charge in [0.25, 0.3) is 5.91 Å². The Hall–Kier alpha value is -1.62. The van der Waals surface area contributed by atoms with Gasteiger partial charge < -0.3 is 4.90 Å². The SMILES string of the molecule is C=C1CN(CC)C(=O)N(c2ccc(Br)cc2)C1=O. The third kappa shape index (κ3) is 2.18. The lowest BCUT2D eigenvalue weighted by Crippen LogP contribution is -2.53. The van der Waals surface area contributed by atoms with Crippen LogP contribution in [0.2, 0.25) is 0 Å². The van der Waals surface area contributed by atoms with Crippen LogP contribution in [0, 0.1) is 0 Å². The maximum atomic E-state index is 12.2. The van der Waals surface area contributed by atoms with E-state index in [2.05, 4.69) is 22.5 Å². The van der Waals surface area contributed by atoms with Crippen LogP contribution >= 0.6 is 15.9 Å². The summed E-state index contributed by atoms with van der Waals surface area (Å²) in [7, 11) is 0. The van der Waals surface area contributed by atoms with Crippen molar-refractivity contribution in [3.63, 3.8) is 0 Å². The number of hydrogen-bond donors (Lipinski definition) is 0. The van der Waals surface area contributed by atoms with Crippen LogP contribution < -0.4 is 4.90 Å². The standard InChI is InChI=1S/C13H13BrN2O2/c1-3-15-8-9(2)12(17)16(13(15)18)11-6-4-10(14)5-7-11/h4-7H,2-3,8H2,1H3. The molecule has 0 radical (unpaired) electrons. The molecule has 18 heavy (non-hydrogen) atoms. The maximum Gasteiger partial charge on any atom is 0.331 e. The van der Waals surface area contributed by atoms with Crippen LogP contribution in [0.15, 0.2) is 40.9 Å². The third-order valence-electron chi connectivity index (χ3n) is 2.82. The Balaban J connectivity index is 2.39. The second kappa shape index (κ2) is 4.94. The molecule has 0 spiro atoms. The van der Waals surface area contributed by atoms with Crippen LogP contribution in [0.5, 0.6) is 0 Å². The molecule has 0 bridgehead atoms. The average molecular weight is 309 g/mol. The molecule has 1 aromatic carbocycles. The van der Waals surface area contributed by atoms with Crippen LogP contribution in [0.25, 0.3) is 0 Å². The summed E-state index contributed by atoms with van der Waals surface area (Å²) in [4.78, 5) is 27.0. The lowest BCUT2D eigenvalue weighted by atomic mass is 10.1. The van der Waals surface area contributed by atoms with Gasteiger partial charge >= 0.3 is 6.03 Å². The molecular weight excluding hydrogens is 296 g/mol. The molecule has 1 fully saturated rings. The third-order valence-corrected chi connectivity index (χ3v) is 3.34. The average Bonchev–Trinajstić information content (AvgIpc) is 2.36. The second-order valence-corrected chi connectivity index (χ2v) is 4.93. The van der Waals surface area contributed by atoms with Crippen molar-refractivity contribution in [3.05, 3.63) is 40.9 Å². The molecule has 2 rings (SSSR count). The summed E-state index contributed by atoms with van der Waals surface area (Å²) < 4.78 is 0.898. The minimum absolute atomic E-state index is 0.294. The minimum atomic E-state index is -0.327. The van der Waals surface area contributed by atoms with Crippen LogP contribution in [-0.4, -0.2) is 29.9 Å². The van der Waals surface area contributed by atoms with Crippen molar-refractivity contribution in [2.75, 3.05) is 18.0 Å². The summed E-state index contributed by atoms with van der Waals surface area (Å²) in [5, 5.41) is 0. The monoisotopic (exact) mass is 308 g/mol. The number of amides is 3. The number of imide groups is 1. The first-order chi connectivity index (χ1) is 8.54. The lowest BCUT2D eigenvalue weighted by molar-refractivity contribution is -0.115. The highest BCUT2D eigenvalue weighted by atomic mass is 79.9. The number of urea groups is 1. The van der Waals surface area contributed by atoms with Gasteiger partial charge in [0.15, 0.2) is 0 Å². The number of anilines is 1. The fourth-order valence-electron chi connectivity index (χ4n) is 1.82. The fourth-order valence-corrected chi connectivity index (χ4v) is 2.08. The fraction of sp³-hybridized carbons (Fsp3) is 0.231. The zero-order chi connectivity index (χ0) is 13.3. The molecule has 1 saturated heterocycles. The highest BCUT2D eigenvalue weighted by molar-refractivity contribution is 9.10. The quantitative estimate of drug-likeness (QED) is 0.788. The number of hydrogen-bond acceptors (Lipinski definition) is 2. The molecule has 1 heterocycles. The van der Waals surface area contributed by atoms with Crippen molar-refractivity contribution in [3.8, 4) is 0 Å². The summed E-state index contributed by atoms with van der Waals surface area (Å²) >= 11 is 3.32. The van der Waals surface area contributed by atoms with E-state index in [4.69, 9.17) is 0 Å². The molecule has 0 atom stereocenters. The smallest absolute Gasteiger partial charge is 0.320 e. The van der Waals surface area contributed by atoms with Gasteiger partial charge in [-0.05, 0) is 31.2 Å². The van der Waals surface area contributed by atoms with Crippen LogP contribution in [-0.2, 0) is 4.79 Å². The van der Waals surface area contributed by atoms with E-state index < -0.39 is 0 Å². The van der Waals surface area contributed by atoms with Crippen LogP contribution in [0.3, 0.4) is 0 Å². The Labute approximate surface area is 114 Å². The van der Waals surface area contributed by atoms with Gasteiger partial charge in [0.1, 0.15) is 0 Å². The largest absolute Gasteiger partial charge is 0.331 e. The van der Waals surface area contributed by atoms with Crippen molar-refractivity contribution in [1.29, 1.82) is 0 Å². The van der Waals surface area contributed by atoms with Gasteiger partial charge in [0, 0.05) is 16.6 Å². The van der Waals surface area contributed by atoms with Gasteiger partial charge in [-0.2, -0.15) is 0 Å². The molecule has 1 aliphatic rings. The van der Waals surface area contributed by atoms with E-state index in [1.807, 2.05) is 6.92 Å². The molecule has 0 unspecified atom stereocenters. The van der Waals surface area contributed by atoms with Gasteiger partial charge in [0.05, 0.1) is 12.2 Å². The Morgan fingerprint density at radius 3 is 2.44 bits per heavy atom. The Morgan fingerprint density at radius 2 is 1.89 bits per heavy atom. The summed E-state index contributed by atoms with van der Waals surface area (Å²) in [5.74, 6) is -0.327. The number of carbonyl (C=O) groups excluding carboxylic acids is 2. The topological polar surface area (TPSA) is 40.6 Å². The number of benzene rings is 1. The van der Waals surface area contributed by atoms with E-state index in [0.29, 0.717) is 24.4 Å². The highest BCUT2D eigenvalue weighted by Gasteiger charge is 2.34. The predicted molar refractivity (Wildman–Crippen MR) is 73.4 cm³/mol. The van der Waals surface area contributed by atoms with Crippen molar-refractivity contribution < 1.29 is 9.59 Å². The van der Waals surface area contributed by atoms with E-state index >= 15 is 0 Å².